The van der Waals surface area contributed by atoms with Crippen LogP contribution in [0.15, 0.2) is 73.1 Å². The summed E-state index contributed by atoms with van der Waals surface area (Å²) in [4.78, 5) is 34.8. The van der Waals surface area contributed by atoms with E-state index in [4.69, 9.17) is 42.1 Å². The zero-order valence-corrected chi connectivity index (χ0v) is 31.9. The third-order valence-corrected chi connectivity index (χ3v) is 11.5. The van der Waals surface area contributed by atoms with Crippen LogP contribution < -0.4 is 14.8 Å². The molecule has 0 bridgehead atoms. The summed E-state index contributed by atoms with van der Waals surface area (Å²) < 4.78 is 24.0. The predicted octanol–water partition coefficient (Wildman–Crippen LogP) is 8.64. The summed E-state index contributed by atoms with van der Waals surface area (Å²) in [5.41, 5.74) is 2.16. The van der Waals surface area contributed by atoms with Crippen LogP contribution in [0.1, 0.15) is 81.9 Å². The Morgan fingerprint density at radius 2 is 1.67 bits per heavy atom. The minimum atomic E-state index is -0.743. The molecule has 2 aromatic carbocycles. The summed E-state index contributed by atoms with van der Waals surface area (Å²) >= 11 is 14.4. The van der Waals surface area contributed by atoms with Gasteiger partial charge in [-0.15, -0.1) is 11.3 Å². The van der Waals surface area contributed by atoms with Crippen molar-refractivity contribution in [3.05, 3.63) is 110 Å². The lowest BCUT2D eigenvalue weighted by Crippen LogP contribution is -2.34. The molecule has 12 heteroatoms. The van der Waals surface area contributed by atoms with Gasteiger partial charge in [-0.2, -0.15) is 0 Å². The number of aromatic nitrogens is 1. The molecule has 2 unspecified atom stereocenters. The van der Waals surface area contributed by atoms with Gasteiger partial charge in [0.2, 0.25) is 0 Å². The van der Waals surface area contributed by atoms with Gasteiger partial charge in [0.05, 0.1) is 29.9 Å². The highest BCUT2D eigenvalue weighted by molar-refractivity contribution is 7.13. The molecule has 4 aromatic rings. The first-order valence-electron chi connectivity index (χ1n) is 17.8. The van der Waals surface area contributed by atoms with E-state index in [0.29, 0.717) is 56.6 Å². The van der Waals surface area contributed by atoms with Gasteiger partial charge in [0, 0.05) is 30.2 Å². The number of nitrogens with one attached hydrogen (secondary N) is 1. The highest BCUT2D eigenvalue weighted by Gasteiger charge is 2.27. The molecule has 1 aliphatic heterocycles. The molecular weight excluding hydrogens is 721 g/mol. The Balaban J connectivity index is 1.16. The van der Waals surface area contributed by atoms with Gasteiger partial charge < -0.3 is 23.8 Å². The van der Waals surface area contributed by atoms with Gasteiger partial charge in [0.25, 0.3) is 0 Å². The Hall–Kier alpha value is -3.67. The van der Waals surface area contributed by atoms with Gasteiger partial charge in [-0.3, -0.25) is 10.3 Å². The quantitative estimate of drug-likeness (QED) is 0.119. The molecule has 0 radical (unpaired) electrons. The molecule has 2 aromatic heterocycles. The van der Waals surface area contributed by atoms with E-state index in [1.807, 2.05) is 54.6 Å². The van der Waals surface area contributed by atoms with Gasteiger partial charge in [-0.05, 0) is 106 Å². The number of hydrogen-bond acceptors (Lipinski definition) is 10. The molecule has 52 heavy (non-hydrogen) atoms. The highest BCUT2D eigenvalue weighted by Crippen LogP contribution is 2.38. The molecule has 1 saturated carbocycles. The Kier molecular flexibility index (Phi) is 13.5. The number of ether oxygens (including phenoxy) is 4. The smallest absolute Gasteiger partial charge is 0.348 e. The van der Waals surface area contributed by atoms with Crippen molar-refractivity contribution in [2.45, 2.75) is 69.7 Å². The number of piperidine rings is 1. The normalized spacial score (nSPS) is 16.7. The number of nitrogens with zero attached hydrogens (tertiary/aromatic N) is 2. The second kappa shape index (κ2) is 18.4. The topological polar surface area (TPSA) is 99.2 Å². The van der Waals surface area contributed by atoms with E-state index in [-0.39, 0.29) is 18.5 Å². The molecule has 3 heterocycles. The molecule has 1 saturated heterocycles. The van der Waals surface area contributed by atoms with E-state index in [1.54, 1.807) is 13.2 Å². The number of halogens is 2. The summed E-state index contributed by atoms with van der Waals surface area (Å²) in [6.07, 6.45) is 8.87. The number of carbonyl (C=O) groups is 2. The van der Waals surface area contributed by atoms with E-state index in [9.17, 15) is 9.59 Å². The van der Waals surface area contributed by atoms with Gasteiger partial charge in [0.1, 0.15) is 17.0 Å². The van der Waals surface area contributed by atoms with Crippen LogP contribution in [-0.2, 0) is 27.2 Å². The van der Waals surface area contributed by atoms with Crippen molar-refractivity contribution in [2.24, 2.45) is 5.92 Å². The predicted molar refractivity (Wildman–Crippen MR) is 204 cm³/mol. The van der Waals surface area contributed by atoms with Crippen molar-refractivity contribution in [3.63, 3.8) is 0 Å². The number of thiophene rings is 1. The maximum absolute atomic E-state index is 13.8. The summed E-state index contributed by atoms with van der Waals surface area (Å²) in [7, 11) is 3.72. The first kappa shape index (κ1) is 38.1. The van der Waals surface area contributed by atoms with Crippen molar-refractivity contribution in [2.75, 3.05) is 33.9 Å². The average Bonchev–Trinajstić information content (AvgIpc) is 3.86. The fraction of sp³-hybridized carbons (Fsp3) is 0.425. The number of esters is 2. The SMILES string of the molecule is COc1ccc(C(Cc2c(Cl)cncc2Cl)OC(=O)c2ccc(CNC(C(=O)OCC3CCN(C)CC3)c3ccccc3)s2)cc1OC1CCCC1. The lowest BCUT2D eigenvalue weighted by molar-refractivity contribution is -0.148. The third-order valence-electron chi connectivity index (χ3n) is 9.76. The van der Waals surface area contributed by atoms with Crippen molar-refractivity contribution >= 4 is 46.5 Å². The van der Waals surface area contributed by atoms with Gasteiger partial charge in [0.15, 0.2) is 11.5 Å². The van der Waals surface area contributed by atoms with Gasteiger partial charge in [-0.1, -0.05) is 59.6 Å². The molecular formula is C40H45Cl2N3O6S. The van der Waals surface area contributed by atoms with Crippen LogP contribution in [0.4, 0.5) is 0 Å². The van der Waals surface area contributed by atoms with E-state index in [0.717, 1.165) is 62.1 Å². The van der Waals surface area contributed by atoms with Crippen molar-refractivity contribution in [3.8, 4) is 11.5 Å². The lowest BCUT2D eigenvalue weighted by Gasteiger charge is -2.29. The van der Waals surface area contributed by atoms with Crippen molar-refractivity contribution in [1.82, 2.24) is 15.2 Å². The van der Waals surface area contributed by atoms with E-state index >= 15 is 0 Å². The van der Waals surface area contributed by atoms with Crippen LogP contribution in [-0.4, -0.2) is 61.8 Å². The zero-order chi connectivity index (χ0) is 36.5. The Morgan fingerprint density at radius 1 is 0.942 bits per heavy atom. The molecule has 0 amide bonds. The van der Waals surface area contributed by atoms with Gasteiger partial charge in [-0.25, -0.2) is 9.59 Å². The molecule has 276 valence electrons. The number of rotatable bonds is 15. The van der Waals surface area contributed by atoms with E-state index in [1.165, 1.54) is 23.7 Å². The maximum Gasteiger partial charge on any atom is 0.348 e. The largest absolute Gasteiger partial charge is 0.493 e. The Labute approximate surface area is 319 Å². The zero-order valence-electron chi connectivity index (χ0n) is 29.5. The van der Waals surface area contributed by atoms with Crippen LogP contribution >= 0.6 is 34.5 Å². The summed E-state index contributed by atoms with van der Waals surface area (Å²) in [5, 5.41) is 4.13. The van der Waals surface area contributed by atoms with Crippen molar-refractivity contribution in [1.29, 1.82) is 0 Å². The lowest BCUT2D eigenvalue weighted by atomic mass is 9.98. The minimum Gasteiger partial charge on any atom is -0.493 e. The molecule has 2 atom stereocenters. The molecule has 6 rings (SSSR count). The molecule has 2 aliphatic rings. The highest BCUT2D eigenvalue weighted by atomic mass is 35.5. The van der Waals surface area contributed by atoms with Crippen molar-refractivity contribution < 1.29 is 28.5 Å². The number of hydrogen-bond donors (Lipinski definition) is 1. The van der Waals surface area contributed by atoms with E-state index < -0.39 is 18.1 Å². The van der Waals surface area contributed by atoms with E-state index in [2.05, 4.69) is 22.2 Å². The summed E-state index contributed by atoms with van der Waals surface area (Å²) in [6, 6.07) is 18.1. The van der Waals surface area contributed by atoms with Crippen LogP contribution in [0, 0.1) is 5.92 Å². The number of carbonyl (C=O) groups excluding carboxylic acids is 2. The number of methoxy groups -OCH3 is 1. The Morgan fingerprint density at radius 3 is 2.38 bits per heavy atom. The standard InChI is InChI=1S/C40H45Cl2N3O6S/c1-45-18-16-26(17-19-45)25-49-40(47)38(27-8-4-3-5-9-27)44-22-30-13-15-37(52-30)39(46)51-35(21-31-32(41)23-43-24-33(31)42)28-12-14-34(48-2)36(20-28)50-29-10-6-7-11-29/h3-5,8-9,12-15,20,23-24,26,29,35,38,44H,6-7,10-11,16-19,21-22,25H2,1-2H3. The average molecular weight is 767 g/mol. The fourth-order valence-corrected chi connectivity index (χ4v) is 8.05. The molecule has 2 fully saturated rings. The summed E-state index contributed by atoms with van der Waals surface area (Å²) in [5.74, 6) is 0.765. The number of likely N-dealkylation sites (tertiary alicyclic amines) is 1. The number of pyridine rings is 1. The monoisotopic (exact) mass is 765 g/mol. The van der Waals surface area contributed by atoms with Gasteiger partial charge >= 0.3 is 11.9 Å². The van der Waals surface area contributed by atoms with Crippen LogP contribution in [0.3, 0.4) is 0 Å². The fourth-order valence-electron chi connectivity index (χ4n) is 6.68. The van der Waals surface area contributed by atoms with Crippen LogP contribution in [0.25, 0.3) is 0 Å². The first-order chi connectivity index (χ1) is 25.3. The second-order valence-electron chi connectivity index (χ2n) is 13.5. The maximum atomic E-state index is 13.8. The van der Waals surface area contributed by atoms with Crippen LogP contribution in [0.2, 0.25) is 10.0 Å². The third kappa shape index (κ3) is 10.0. The second-order valence-corrected chi connectivity index (χ2v) is 15.5. The van der Waals surface area contributed by atoms with Crippen LogP contribution in [0.5, 0.6) is 11.5 Å². The minimum absolute atomic E-state index is 0.106. The molecule has 1 N–H and O–H groups in total. The molecule has 0 spiro atoms. The number of benzene rings is 2. The Bertz CT molecular complexity index is 1770. The molecule has 9 nitrogen and oxygen atoms in total. The first-order valence-corrected chi connectivity index (χ1v) is 19.4. The summed E-state index contributed by atoms with van der Waals surface area (Å²) in [6.45, 7) is 2.78. The molecule has 1 aliphatic carbocycles.